The van der Waals surface area contributed by atoms with Gasteiger partial charge < -0.3 is 27.6 Å². The number of hydrogen-bond donors (Lipinski definition) is 7. The van der Waals surface area contributed by atoms with Gasteiger partial charge in [0.1, 0.15) is 22.1 Å². The van der Waals surface area contributed by atoms with Crippen molar-refractivity contribution in [1.82, 2.24) is 10.6 Å². The number of nitrogens with two attached hydrogens (primary N) is 3. The van der Waals surface area contributed by atoms with Gasteiger partial charge in [-0.2, -0.15) is 0 Å². The Hall–Kier alpha value is -2.71. The maximum Gasteiger partial charge on any atom is 0.326 e. The summed E-state index contributed by atoms with van der Waals surface area (Å²) in [7, 11) is -4.04. The van der Waals surface area contributed by atoms with Crippen LogP contribution in [0.5, 0.6) is 0 Å². The van der Waals surface area contributed by atoms with Gasteiger partial charge in [0.2, 0.25) is 0 Å². The first-order valence-corrected chi connectivity index (χ1v) is 11.2. The van der Waals surface area contributed by atoms with Crippen molar-refractivity contribution >= 4 is 44.6 Å². The second-order valence-electron chi connectivity index (χ2n) is 6.29. The van der Waals surface area contributed by atoms with Gasteiger partial charge in [0.05, 0.1) is 11.4 Å². The van der Waals surface area contributed by atoms with Crippen LogP contribution in [0, 0.1) is 0 Å². The highest BCUT2D eigenvalue weighted by Gasteiger charge is 2.25. The number of thiophene rings is 1. The molecule has 10 N–H and O–H groups in total. The summed E-state index contributed by atoms with van der Waals surface area (Å²) in [5.41, 5.74) is 16.5. The van der Waals surface area contributed by atoms with Crippen molar-refractivity contribution in [2.75, 3.05) is 17.0 Å². The van der Waals surface area contributed by atoms with Crippen LogP contribution in [0.4, 0.5) is 11.4 Å². The summed E-state index contributed by atoms with van der Waals surface area (Å²) >= 11 is 0.975. The van der Waals surface area contributed by atoms with Crippen molar-refractivity contribution in [3.05, 3.63) is 40.6 Å². The van der Waals surface area contributed by atoms with E-state index < -0.39 is 34.2 Å². The molecular weight excluding hydrogens is 432 g/mol. The molecule has 1 atom stereocenters. The molecule has 2 aromatic rings. The number of amides is 1. The number of nitrogen functional groups attached to an aromatic ring is 1. The minimum Gasteiger partial charge on any atom is -0.480 e. The van der Waals surface area contributed by atoms with E-state index in [9.17, 15) is 23.1 Å². The summed E-state index contributed by atoms with van der Waals surface area (Å²) in [4.78, 5) is 24.0. The Kier molecular flexibility index (Phi) is 8.14. The molecule has 2 rings (SSSR count). The molecule has 0 aliphatic carbocycles. The molecule has 164 valence electrons. The summed E-state index contributed by atoms with van der Waals surface area (Å²) < 4.78 is 27.6. The predicted octanol–water partition coefficient (Wildman–Crippen LogP) is -0.115. The van der Waals surface area contributed by atoms with E-state index in [1.54, 1.807) is 6.07 Å². The number of benzene rings is 1. The largest absolute Gasteiger partial charge is 0.480 e. The number of hydrogen-bond acceptors (Lipinski definition) is 9. The van der Waals surface area contributed by atoms with Crippen molar-refractivity contribution in [3.63, 3.8) is 0 Å². The number of nitrogens with one attached hydrogen (secondary N) is 3. The number of para-hydroxylation sites is 1. The monoisotopic (exact) mass is 456 g/mol. The van der Waals surface area contributed by atoms with Gasteiger partial charge in [0.25, 0.3) is 15.9 Å². The highest BCUT2D eigenvalue weighted by Crippen LogP contribution is 2.27. The lowest BCUT2D eigenvalue weighted by Gasteiger charge is -2.16. The molecule has 11 nitrogen and oxygen atoms in total. The minimum atomic E-state index is -4.04. The quantitative estimate of drug-likeness (QED) is 0.137. The molecule has 0 bridgehead atoms. The zero-order valence-corrected chi connectivity index (χ0v) is 17.5. The second kappa shape index (κ2) is 10.4. The van der Waals surface area contributed by atoms with Crippen LogP contribution in [0.25, 0.3) is 0 Å². The average Bonchev–Trinajstić information content (AvgIpc) is 3.11. The fraction of sp³-hybridized carbons (Fsp3) is 0.294. The molecule has 1 aromatic carbocycles. The lowest BCUT2D eigenvalue weighted by atomic mass is 10.1. The van der Waals surface area contributed by atoms with Gasteiger partial charge in [-0.25, -0.2) is 13.2 Å². The lowest BCUT2D eigenvalue weighted by Crippen LogP contribution is -2.46. The van der Waals surface area contributed by atoms with Crippen molar-refractivity contribution < 1.29 is 23.1 Å². The Labute approximate surface area is 177 Å². The third-order valence-electron chi connectivity index (χ3n) is 3.98. The van der Waals surface area contributed by atoms with E-state index in [4.69, 9.17) is 17.2 Å². The summed E-state index contributed by atoms with van der Waals surface area (Å²) in [5, 5.41) is 16.0. The zero-order chi connectivity index (χ0) is 22.3. The van der Waals surface area contributed by atoms with Crippen LogP contribution in [0.3, 0.4) is 0 Å². The first kappa shape index (κ1) is 23.6. The number of rotatable bonds is 11. The van der Waals surface area contributed by atoms with Crippen molar-refractivity contribution in [2.45, 2.75) is 30.1 Å². The molecule has 0 spiro atoms. The van der Waals surface area contributed by atoms with Crippen LogP contribution >= 0.6 is 11.3 Å². The van der Waals surface area contributed by atoms with Crippen LogP contribution in [-0.4, -0.2) is 44.3 Å². The van der Waals surface area contributed by atoms with Crippen LogP contribution in [-0.2, 0) is 14.8 Å². The molecule has 13 heteroatoms. The van der Waals surface area contributed by atoms with Gasteiger partial charge in [0, 0.05) is 0 Å². The number of carbonyl (C=O) groups excluding carboxylic acids is 1. The van der Waals surface area contributed by atoms with E-state index in [0.29, 0.717) is 13.0 Å². The molecule has 0 fully saturated rings. The van der Waals surface area contributed by atoms with Crippen molar-refractivity contribution in [1.29, 1.82) is 0 Å². The summed E-state index contributed by atoms with van der Waals surface area (Å²) in [6.07, 6.45) is -0.184. The van der Waals surface area contributed by atoms with Crippen molar-refractivity contribution in [2.24, 2.45) is 11.5 Å². The summed E-state index contributed by atoms with van der Waals surface area (Å²) in [6.45, 7) is 0.375. The Morgan fingerprint density at radius 1 is 1.17 bits per heavy atom. The fourth-order valence-electron chi connectivity index (χ4n) is 2.55. The molecule has 30 heavy (non-hydrogen) atoms. The molecule has 0 aliphatic rings. The van der Waals surface area contributed by atoms with Gasteiger partial charge in [-0.15, -0.1) is 11.3 Å². The zero-order valence-electron chi connectivity index (χ0n) is 15.9. The fourth-order valence-corrected chi connectivity index (χ4v) is 4.57. The standard InChI is InChI=1S/C17H24N6O5S2/c18-10-4-1-2-6-13(10)30(27,28)23-11-7-9-29-14(11)15(24)22-12(16(25)26)5-3-8-21-17(19)20/h1-2,4,6-7,9,12,17,21,23H,3,5,8,18-20H2,(H,22,24)(H,25,26)/t12-/m0/s1. The highest BCUT2D eigenvalue weighted by molar-refractivity contribution is 7.93. The normalized spacial score (nSPS) is 12.5. The van der Waals surface area contributed by atoms with E-state index >= 15 is 0 Å². The molecule has 1 heterocycles. The number of anilines is 2. The minimum absolute atomic E-state index is 0.0284. The smallest absolute Gasteiger partial charge is 0.326 e. The second-order valence-corrected chi connectivity index (χ2v) is 8.86. The van der Waals surface area contributed by atoms with Gasteiger partial charge in [-0.3, -0.25) is 14.8 Å². The number of sulfonamides is 1. The SMILES string of the molecule is Nc1ccccc1S(=O)(=O)Nc1ccsc1C(=O)N[C@@H](CCCNC(N)N)C(=O)O. The van der Waals surface area contributed by atoms with E-state index in [-0.39, 0.29) is 27.6 Å². The molecule has 0 saturated carbocycles. The van der Waals surface area contributed by atoms with E-state index in [0.717, 1.165) is 11.3 Å². The molecule has 0 radical (unpaired) electrons. The third kappa shape index (κ3) is 6.40. The van der Waals surface area contributed by atoms with E-state index in [1.807, 2.05) is 0 Å². The van der Waals surface area contributed by atoms with Gasteiger partial charge in [-0.1, -0.05) is 12.1 Å². The van der Waals surface area contributed by atoms with Crippen LogP contribution in [0.2, 0.25) is 0 Å². The van der Waals surface area contributed by atoms with Crippen molar-refractivity contribution in [3.8, 4) is 0 Å². The first-order valence-electron chi connectivity index (χ1n) is 8.85. The van der Waals surface area contributed by atoms with E-state index in [2.05, 4.69) is 15.4 Å². The topological polar surface area (TPSA) is 203 Å². The molecule has 0 unspecified atom stereocenters. The lowest BCUT2D eigenvalue weighted by molar-refractivity contribution is -0.139. The molecule has 0 saturated heterocycles. The molecule has 1 aromatic heterocycles. The first-order chi connectivity index (χ1) is 14.1. The highest BCUT2D eigenvalue weighted by atomic mass is 32.2. The summed E-state index contributed by atoms with van der Waals surface area (Å²) in [5.74, 6) is -1.92. The van der Waals surface area contributed by atoms with Gasteiger partial charge in [0.15, 0.2) is 0 Å². The number of carboxylic acids is 1. The summed E-state index contributed by atoms with van der Waals surface area (Å²) in [6, 6.07) is 6.16. The number of carboxylic acid groups (broad SMARTS) is 1. The Morgan fingerprint density at radius 3 is 2.50 bits per heavy atom. The Balaban J connectivity index is 2.10. The third-order valence-corrected chi connectivity index (χ3v) is 6.33. The molecule has 0 aliphatic heterocycles. The maximum absolute atomic E-state index is 12.6. The molecule has 1 amide bonds. The van der Waals surface area contributed by atoms with Gasteiger partial charge >= 0.3 is 5.97 Å². The Morgan fingerprint density at radius 2 is 1.87 bits per heavy atom. The maximum atomic E-state index is 12.6. The van der Waals surface area contributed by atoms with Crippen LogP contribution < -0.4 is 32.6 Å². The van der Waals surface area contributed by atoms with E-state index in [1.165, 1.54) is 29.6 Å². The van der Waals surface area contributed by atoms with Crippen LogP contribution in [0.15, 0.2) is 40.6 Å². The predicted molar refractivity (Wildman–Crippen MR) is 114 cm³/mol. The molecular formula is C17H24N6O5S2. The Bertz CT molecular complexity index is 992. The van der Waals surface area contributed by atoms with Gasteiger partial charge in [-0.05, 0) is 43.0 Å². The number of carbonyl (C=O) groups is 2. The average molecular weight is 457 g/mol. The van der Waals surface area contributed by atoms with Crippen LogP contribution in [0.1, 0.15) is 22.5 Å². The number of aliphatic carboxylic acids is 1.